The molecule has 46 heavy (non-hydrogen) atoms. The average Bonchev–Trinajstić information content (AvgIpc) is 3.05. The first-order chi connectivity index (χ1) is 22.2. The molecular formula is C33H57NO12. The molecule has 266 valence electrons. The molecule has 4 N–H and O–H groups in total. The van der Waals surface area contributed by atoms with Crippen molar-refractivity contribution in [3.8, 4) is 0 Å². The summed E-state index contributed by atoms with van der Waals surface area (Å²) in [6, 6.07) is 0. The van der Waals surface area contributed by atoms with Gasteiger partial charge in [-0.2, -0.15) is 5.90 Å². The highest BCUT2D eigenvalue weighted by Crippen LogP contribution is 2.35. The molecule has 0 aliphatic heterocycles. The molecule has 5 atom stereocenters. The molecule has 0 aromatic rings. The van der Waals surface area contributed by atoms with Gasteiger partial charge in [-0.05, 0) is 95.3 Å². The largest absolute Gasteiger partial charge is 0.481 e. The lowest BCUT2D eigenvalue weighted by molar-refractivity contribution is -0.340. The molecule has 13 nitrogen and oxygen atoms in total. The van der Waals surface area contributed by atoms with E-state index in [1.165, 1.54) is 12.8 Å². The minimum Gasteiger partial charge on any atom is -0.481 e. The summed E-state index contributed by atoms with van der Waals surface area (Å²) in [7, 11) is 0. The molecule has 0 radical (unpaired) electrons. The lowest BCUT2D eigenvalue weighted by Crippen LogP contribution is -2.41. The van der Waals surface area contributed by atoms with Crippen molar-refractivity contribution in [2.24, 2.45) is 35.0 Å². The first kappa shape index (κ1) is 37.4. The zero-order valence-corrected chi connectivity index (χ0v) is 27.7. The molecule has 4 rings (SSSR count). The van der Waals surface area contributed by atoms with Crippen molar-refractivity contribution in [1.29, 1.82) is 0 Å². The molecule has 0 heterocycles. The van der Waals surface area contributed by atoms with E-state index in [2.05, 4.69) is 23.7 Å². The van der Waals surface area contributed by atoms with Crippen LogP contribution in [0.2, 0.25) is 0 Å². The fourth-order valence-electron chi connectivity index (χ4n) is 7.49. The maximum Gasteiger partial charge on any atom is 0.310 e. The van der Waals surface area contributed by atoms with Crippen molar-refractivity contribution in [2.75, 3.05) is 26.4 Å². The van der Waals surface area contributed by atoms with Gasteiger partial charge in [-0.3, -0.25) is 14.8 Å². The Morgan fingerprint density at radius 1 is 0.696 bits per heavy atom. The van der Waals surface area contributed by atoms with Crippen molar-refractivity contribution in [3.05, 3.63) is 0 Å². The lowest BCUT2D eigenvalue weighted by Gasteiger charge is -2.35. The van der Waals surface area contributed by atoms with E-state index in [1.807, 2.05) is 0 Å². The predicted octanol–water partition coefficient (Wildman–Crippen LogP) is 5.15. The smallest absolute Gasteiger partial charge is 0.310 e. The van der Waals surface area contributed by atoms with Crippen LogP contribution in [0.5, 0.6) is 0 Å². The third kappa shape index (κ3) is 11.9. The molecule has 0 aromatic heterocycles. The van der Waals surface area contributed by atoms with E-state index < -0.39 is 29.9 Å². The van der Waals surface area contributed by atoms with Crippen LogP contribution in [-0.4, -0.2) is 79.2 Å². The Bertz CT molecular complexity index is 903. The molecule has 0 saturated heterocycles. The van der Waals surface area contributed by atoms with Crippen LogP contribution in [0.4, 0.5) is 0 Å². The van der Waals surface area contributed by atoms with Crippen LogP contribution in [0.3, 0.4) is 0 Å². The second-order valence-corrected chi connectivity index (χ2v) is 14.7. The summed E-state index contributed by atoms with van der Waals surface area (Å²) in [6.07, 6.45) is 11.7. The molecule has 4 aliphatic rings. The minimum atomic E-state index is -1.00. The van der Waals surface area contributed by atoms with Crippen LogP contribution in [0, 0.1) is 29.1 Å². The number of nitrogens with two attached hydrogens (primary N) is 1. The first-order valence-corrected chi connectivity index (χ1v) is 17.4. The van der Waals surface area contributed by atoms with Gasteiger partial charge >= 0.3 is 11.9 Å². The summed E-state index contributed by atoms with van der Waals surface area (Å²) in [5, 5.41) is 18.5. The van der Waals surface area contributed by atoms with Crippen LogP contribution in [0.1, 0.15) is 110 Å². The monoisotopic (exact) mass is 659 g/mol. The van der Waals surface area contributed by atoms with Gasteiger partial charge in [0.25, 0.3) is 0 Å². The second-order valence-electron chi connectivity index (χ2n) is 14.7. The fourth-order valence-corrected chi connectivity index (χ4v) is 7.49. The molecule has 5 unspecified atom stereocenters. The van der Waals surface area contributed by atoms with Gasteiger partial charge in [0.15, 0.2) is 0 Å². The van der Waals surface area contributed by atoms with Gasteiger partial charge in [0, 0.05) is 5.41 Å². The van der Waals surface area contributed by atoms with Crippen LogP contribution in [0.25, 0.3) is 0 Å². The SMILES string of the molecule is CC(C)(COC1CCC(OOCC2CCCCC2COO)CC1)COC1CCC(OC(=O)C2CC(OON)CCC2C(=O)O)CC1. The third-order valence-electron chi connectivity index (χ3n) is 10.4. The maximum absolute atomic E-state index is 12.9. The number of hydrogen-bond donors (Lipinski definition) is 3. The van der Waals surface area contributed by atoms with E-state index in [9.17, 15) is 14.7 Å². The van der Waals surface area contributed by atoms with Gasteiger partial charge in [0.05, 0.1) is 62.7 Å². The molecule has 0 spiro atoms. The number of aliphatic carboxylic acids is 1. The number of ether oxygens (including phenoxy) is 3. The summed E-state index contributed by atoms with van der Waals surface area (Å²) in [5.74, 6) is 2.60. The van der Waals surface area contributed by atoms with E-state index in [0.29, 0.717) is 63.9 Å². The van der Waals surface area contributed by atoms with Gasteiger partial charge in [0.2, 0.25) is 0 Å². The van der Waals surface area contributed by atoms with Crippen LogP contribution in [-0.2, 0) is 48.3 Å². The Labute approximate surface area is 272 Å². The maximum atomic E-state index is 12.9. The predicted molar refractivity (Wildman–Crippen MR) is 164 cm³/mol. The molecule has 13 heteroatoms. The van der Waals surface area contributed by atoms with Crippen molar-refractivity contribution in [2.45, 2.75) is 141 Å². The summed E-state index contributed by atoms with van der Waals surface area (Å²) in [6.45, 7) is 6.39. The molecule has 4 aliphatic carbocycles. The number of rotatable bonds is 17. The van der Waals surface area contributed by atoms with Gasteiger partial charge < -0.3 is 19.3 Å². The second kappa shape index (κ2) is 18.9. The van der Waals surface area contributed by atoms with Crippen LogP contribution < -0.4 is 5.90 Å². The lowest BCUT2D eigenvalue weighted by atomic mass is 9.78. The van der Waals surface area contributed by atoms with E-state index >= 15 is 0 Å². The highest BCUT2D eigenvalue weighted by Gasteiger charge is 2.42. The normalized spacial score (nSPS) is 34.2. The van der Waals surface area contributed by atoms with E-state index in [1.54, 1.807) is 0 Å². The summed E-state index contributed by atoms with van der Waals surface area (Å²) >= 11 is 0. The van der Waals surface area contributed by atoms with Crippen molar-refractivity contribution in [3.63, 3.8) is 0 Å². The van der Waals surface area contributed by atoms with Gasteiger partial charge in [-0.1, -0.05) is 26.7 Å². The number of carboxylic acid groups (broad SMARTS) is 1. The quantitative estimate of drug-likeness (QED) is 0.106. The zero-order chi connectivity index (χ0) is 32.9. The van der Waals surface area contributed by atoms with Gasteiger partial charge in [-0.15, -0.1) is 4.99 Å². The Kier molecular flexibility index (Phi) is 15.4. The van der Waals surface area contributed by atoms with Gasteiger partial charge in [-0.25, -0.2) is 19.6 Å². The Balaban J connectivity index is 1.07. The summed E-state index contributed by atoms with van der Waals surface area (Å²) in [4.78, 5) is 49.7. The Hall–Kier alpha value is -1.42. The summed E-state index contributed by atoms with van der Waals surface area (Å²) < 4.78 is 18.4. The number of carbonyl (C=O) groups is 2. The van der Waals surface area contributed by atoms with E-state index in [-0.39, 0.29) is 36.3 Å². The number of carbonyl (C=O) groups excluding carboxylic acids is 1. The fraction of sp³-hybridized carbons (Fsp3) is 0.939. The van der Waals surface area contributed by atoms with Crippen molar-refractivity contribution >= 4 is 11.9 Å². The highest BCUT2D eigenvalue weighted by atomic mass is 17.3. The first-order valence-electron chi connectivity index (χ1n) is 17.4. The molecule has 0 aromatic carbocycles. The molecule has 4 fully saturated rings. The van der Waals surface area contributed by atoms with E-state index in [0.717, 1.165) is 51.4 Å². The number of carboxylic acids is 1. The Morgan fingerprint density at radius 2 is 1.24 bits per heavy atom. The van der Waals surface area contributed by atoms with Crippen LogP contribution >= 0.6 is 0 Å². The average molecular weight is 660 g/mol. The zero-order valence-electron chi connectivity index (χ0n) is 27.7. The molecule has 4 saturated carbocycles. The van der Waals surface area contributed by atoms with Crippen molar-refractivity contribution < 1.29 is 58.7 Å². The van der Waals surface area contributed by atoms with Gasteiger partial charge in [0.1, 0.15) is 6.10 Å². The third-order valence-corrected chi connectivity index (χ3v) is 10.4. The molecule has 0 bridgehead atoms. The minimum absolute atomic E-state index is 0.0830. The van der Waals surface area contributed by atoms with Crippen LogP contribution in [0.15, 0.2) is 0 Å². The number of esters is 1. The standard InChI is InChI=1S/C33H57NO12/c1-33(2,21-40-25-9-13-27(14-10-25)44-42-19-23-6-4-3-5-22(23)18-41-38)20-39-24-7-11-26(12-8-24)43-32(37)30-17-28(45-46-34)15-16-29(30)31(35)36/h22-30,38H,3-21,34H2,1-2H3,(H,35,36). The Morgan fingerprint density at radius 3 is 1.80 bits per heavy atom. The topological polar surface area (TPSA) is 174 Å². The number of hydrogen-bond acceptors (Lipinski definition) is 12. The highest BCUT2D eigenvalue weighted by molar-refractivity contribution is 5.81. The summed E-state index contributed by atoms with van der Waals surface area (Å²) in [5.41, 5.74) is -0.146. The van der Waals surface area contributed by atoms with Crippen molar-refractivity contribution in [1.82, 2.24) is 0 Å². The molecule has 0 amide bonds. The molecular weight excluding hydrogens is 602 g/mol. The van der Waals surface area contributed by atoms with E-state index in [4.69, 9.17) is 40.0 Å².